The summed E-state index contributed by atoms with van der Waals surface area (Å²) in [7, 11) is 0. The molecule has 1 aromatic heterocycles. The fourth-order valence-corrected chi connectivity index (χ4v) is 1.02. The normalized spacial score (nSPS) is 11.1. The highest BCUT2D eigenvalue weighted by Gasteiger charge is 2.13. The lowest BCUT2D eigenvalue weighted by Crippen LogP contribution is -2.33. The van der Waals surface area contributed by atoms with Crippen LogP contribution in [0.4, 0.5) is 5.69 Å². The number of hydrogen-bond donors (Lipinski definition) is 2. The molecule has 0 saturated heterocycles. The molecule has 1 aromatic rings. The summed E-state index contributed by atoms with van der Waals surface area (Å²) in [5.41, 5.74) is 6.07. The lowest BCUT2D eigenvalue weighted by Gasteiger charge is -2.17. The summed E-state index contributed by atoms with van der Waals surface area (Å²) in [4.78, 5) is 19.0. The summed E-state index contributed by atoms with van der Waals surface area (Å²) in [6, 6.07) is 0. The molecule has 0 saturated carbocycles. The van der Waals surface area contributed by atoms with E-state index in [1.165, 1.54) is 6.33 Å². The second-order valence-electron chi connectivity index (χ2n) is 4.16. The van der Waals surface area contributed by atoms with Gasteiger partial charge >= 0.3 is 0 Å². The third-order valence-electron chi connectivity index (χ3n) is 1.84. The summed E-state index contributed by atoms with van der Waals surface area (Å²) in [6.07, 6.45) is 5.57. The average Bonchev–Trinajstić information content (AvgIpc) is 2.15. The van der Waals surface area contributed by atoms with Crippen molar-refractivity contribution in [1.29, 1.82) is 0 Å². The van der Waals surface area contributed by atoms with Gasteiger partial charge in [0.2, 0.25) is 5.91 Å². The van der Waals surface area contributed by atoms with Crippen LogP contribution in [0.1, 0.15) is 26.7 Å². The topological polar surface area (TPSA) is 80.9 Å². The summed E-state index contributed by atoms with van der Waals surface area (Å²) in [6.45, 7) is 3.79. The molecule has 0 aliphatic rings. The Bertz CT molecular complexity index is 318. The fraction of sp³-hybridized carbons (Fsp3) is 0.500. The van der Waals surface area contributed by atoms with Gasteiger partial charge in [-0.25, -0.2) is 9.97 Å². The number of carbonyl (C=O) groups excluding carboxylic acids is 1. The van der Waals surface area contributed by atoms with Gasteiger partial charge in [0.1, 0.15) is 6.33 Å². The van der Waals surface area contributed by atoms with Crippen molar-refractivity contribution < 1.29 is 4.79 Å². The molecule has 0 radical (unpaired) electrons. The summed E-state index contributed by atoms with van der Waals surface area (Å²) in [5, 5.41) is 2.70. The van der Waals surface area contributed by atoms with Crippen LogP contribution >= 0.6 is 0 Å². The molecule has 5 nitrogen and oxygen atoms in total. The first-order valence-corrected chi connectivity index (χ1v) is 4.81. The Hall–Kier alpha value is -1.49. The zero-order valence-electron chi connectivity index (χ0n) is 9.03. The molecular formula is C10H16N4O. The van der Waals surface area contributed by atoms with Gasteiger partial charge in [-0.05, 0) is 20.3 Å². The Morgan fingerprint density at radius 3 is 2.60 bits per heavy atom. The first kappa shape index (κ1) is 11.6. The first-order chi connectivity index (χ1) is 6.97. The maximum Gasteiger partial charge on any atom is 0.224 e. The predicted octanol–water partition coefficient (Wildman–Crippen LogP) is 0.933. The van der Waals surface area contributed by atoms with Crippen LogP contribution in [0.5, 0.6) is 0 Å². The van der Waals surface area contributed by atoms with Gasteiger partial charge in [0, 0.05) is 12.0 Å². The third kappa shape index (κ3) is 5.07. The van der Waals surface area contributed by atoms with E-state index in [1.54, 1.807) is 12.4 Å². The molecule has 1 amide bonds. The number of carbonyl (C=O) groups is 1. The van der Waals surface area contributed by atoms with Crippen molar-refractivity contribution in [1.82, 2.24) is 9.97 Å². The Morgan fingerprint density at radius 2 is 2.07 bits per heavy atom. The van der Waals surface area contributed by atoms with Gasteiger partial charge < -0.3 is 11.1 Å². The summed E-state index contributed by atoms with van der Waals surface area (Å²) in [5.74, 6) is -0.0664. The van der Waals surface area contributed by atoms with Crippen LogP contribution in [0.2, 0.25) is 0 Å². The molecule has 0 aliphatic carbocycles. The van der Waals surface area contributed by atoms with Crippen LogP contribution in [-0.2, 0) is 4.79 Å². The van der Waals surface area contributed by atoms with Crippen LogP contribution in [0.25, 0.3) is 0 Å². The zero-order valence-corrected chi connectivity index (χ0v) is 9.03. The minimum absolute atomic E-state index is 0.0664. The molecule has 15 heavy (non-hydrogen) atoms. The Kier molecular flexibility index (Phi) is 3.74. The van der Waals surface area contributed by atoms with E-state index >= 15 is 0 Å². The van der Waals surface area contributed by atoms with Crippen LogP contribution in [0.15, 0.2) is 18.7 Å². The van der Waals surface area contributed by atoms with E-state index in [0.717, 1.165) is 0 Å². The zero-order chi connectivity index (χ0) is 11.3. The molecule has 3 N–H and O–H groups in total. The monoisotopic (exact) mass is 208 g/mol. The number of amides is 1. The molecule has 0 aromatic carbocycles. The van der Waals surface area contributed by atoms with Gasteiger partial charge in [0.15, 0.2) is 0 Å². The average molecular weight is 208 g/mol. The molecular weight excluding hydrogens is 192 g/mol. The molecule has 0 aliphatic heterocycles. The number of hydrogen-bond acceptors (Lipinski definition) is 4. The largest absolute Gasteiger partial charge is 0.326 e. The van der Waals surface area contributed by atoms with Gasteiger partial charge in [-0.1, -0.05) is 0 Å². The number of nitrogens with two attached hydrogens (primary N) is 1. The van der Waals surface area contributed by atoms with E-state index < -0.39 is 0 Å². The van der Waals surface area contributed by atoms with Crippen molar-refractivity contribution in [2.45, 2.75) is 32.2 Å². The van der Waals surface area contributed by atoms with Gasteiger partial charge in [-0.15, -0.1) is 0 Å². The Balaban J connectivity index is 2.38. The maximum atomic E-state index is 11.4. The number of anilines is 1. The third-order valence-corrected chi connectivity index (χ3v) is 1.84. The second kappa shape index (κ2) is 4.84. The first-order valence-electron chi connectivity index (χ1n) is 4.81. The summed E-state index contributed by atoms with van der Waals surface area (Å²) >= 11 is 0. The van der Waals surface area contributed by atoms with Crippen molar-refractivity contribution in [2.75, 3.05) is 5.32 Å². The van der Waals surface area contributed by atoms with Crippen molar-refractivity contribution in [3.63, 3.8) is 0 Å². The molecule has 0 bridgehead atoms. The molecule has 1 rings (SSSR count). The molecule has 0 spiro atoms. The highest BCUT2D eigenvalue weighted by atomic mass is 16.1. The van der Waals surface area contributed by atoms with Crippen LogP contribution in [-0.4, -0.2) is 21.4 Å². The molecule has 0 fully saturated rings. The van der Waals surface area contributed by atoms with Crippen LogP contribution < -0.4 is 11.1 Å². The van der Waals surface area contributed by atoms with Gasteiger partial charge in [-0.3, -0.25) is 4.79 Å². The number of rotatable bonds is 4. The highest BCUT2D eigenvalue weighted by Crippen LogP contribution is 2.08. The Morgan fingerprint density at radius 1 is 1.47 bits per heavy atom. The fourth-order valence-electron chi connectivity index (χ4n) is 1.02. The van der Waals surface area contributed by atoms with Gasteiger partial charge in [0.05, 0.1) is 18.1 Å². The number of nitrogens with one attached hydrogen (secondary N) is 1. The second-order valence-corrected chi connectivity index (χ2v) is 4.16. The predicted molar refractivity (Wildman–Crippen MR) is 58.2 cm³/mol. The smallest absolute Gasteiger partial charge is 0.224 e. The van der Waals surface area contributed by atoms with Crippen molar-refractivity contribution in [3.8, 4) is 0 Å². The lowest BCUT2D eigenvalue weighted by atomic mass is 10.00. The number of nitrogens with zero attached hydrogens (tertiary/aromatic N) is 2. The maximum absolute atomic E-state index is 11.4. The van der Waals surface area contributed by atoms with E-state index in [9.17, 15) is 4.79 Å². The van der Waals surface area contributed by atoms with Crippen molar-refractivity contribution in [2.24, 2.45) is 5.73 Å². The van der Waals surface area contributed by atoms with Crippen LogP contribution in [0.3, 0.4) is 0 Å². The van der Waals surface area contributed by atoms with Crippen molar-refractivity contribution in [3.05, 3.63) is 18.7 Å². The Labute approximate surface area is 89.1 Å². The molecule has 5 heteroatoms. The SMILES string of the molecule is CC(C)(N)CCC(=O)Nc1cncnc1. The quantitative estimate of drug-likeness (QED) is 0.771. The van der Waals surface area contributed by atoms with E-state index in [0.29, 0.717) is 18.5 Å². The number of aromatic nitrogens is 2. The van der Waals surface area contributed by atoms with E-state index in [1.807, 2.05) is 13.8 Å². The standard InChI is InChI=1S/C10H16N4O/c1-10(2,11)4-3-9(15)14-8-5-12-7-13-6-8/h5-7H,3-4,11H2,1-2H3,(H,14,15). The van der Waals surface area contributed by atoms with E-state index in [2.05, 4.69) is 15.3 Å². The van der Waals surface area contributed by atoms with E-state index in [-0.39, 0.29) is 11.4 Å². The molecule has 82 valence electrons. The molecule has 0 atom stereocenters. The van der Waals surface area contributed by atoms with Crippen molar-refractivity contribution >= 4 is 11.6 Å². The highest BCUT2D eigenvalue weighted by molar-refractivity contribution is 5.90. The minimum Gasteiger partial charge on any atom is -0.326 e. The minimum atomic E-state index is -0.315. The van der Waals surface area contributed by atoms with Gasteiger partial charge in [-0.2, -0.15) is 0 Å². The van der Waals surface area contributed by atoms with Crippen LogP contribution in [0, 0.1) is 0 Å². The molecule has 0 unspecified atom stereocenters. The lowest BCUT2D eigenvalue weighted by molar-refractivity contribution is -0.116. The summed E-state index contributed by atoms with van der Waals surface area (Å²) < 4.78 is 0. The molecule has 1 heterocycles. The van der Waals surface area contributed by atoms with Gasteiger partial charge in [0.25, 0.3) is 0 Å². The van der Waals surface area contributed by atoms with E-state index in [4.69, 9.17) is 5.73 Å².